The highest BCUT2D eigenvalue weighted by Gasteiger charge is 2.20. The molecule has 0 aromatic carbocycles. The lowest BCUT2D eigenvalue weighted by Gasteiger charge is -2.28. The molecule has 0 aliphatic heterocycles. The average Bonchev–Trinajstić information content (AvgIpc) is 2.26. The van der Waals surface area contributed by atoms with E-state index in [1.165, 1.54) is 32.1 Å². The van der Waals surface area contributed by atoms with Gasteiger partial charge in [0.05, 0.1) is 6.04 Å². The third kappa shape index (κ3) is 4.18. The van der Waals surface area contributed by atoms with Crippen molar-refractivity contribution in [2.45, 2.75) is 51.1 Å². The summed E-state index contributed by atoms with van der Waals surface area (Å²) in [6.07, 6.45) is 6.61. The monoisotopic (exact) mass is 213 g/mol. The number of carbonyl (C=O) groups excluding carboxylic acids is 1. The standard InChI is InChI=1S/C11H23N3O/c1-8(9-5-3-2-4-6-9)14-7-10(12)11(13)15/h8-10,14H,2-7,12H2,1H3,(H2,13,15)/t8-,10?/m1/s1. The number of nitrogens with two attached hydrogens (primary N) is 2. The van der Waals surface area contributed by atoms with Crippen molar-refractivity contribution in [2.75, 3.05) is 6.54 Å². The van der Waals surface area contributed by atoms with Gasteiger partial charge >= 0.3 is 0 Å². The average molecular weight is 213 g/mol. The predicted molar refractivity (Wildman–Crippen MR) is 61.2 cm³/mol. The maximum absolute atomic E-state index is 10.7. The lowest BCUT2D eigenvalue weighted by molar-refractivity contribution is -0.119. The molecule has 4 heteroatoms. The van der Waals surface area contributed by atoms with Crippen LogP contribution in [-0.2, 0) is 4.79 Å². The maximum atomic E-state index is 10.7. The summed E-state index contributed by atoms with van der Waals surface area (Å²) in [5.41, 5.74) is 10.7. The minimum absolute atomic E-state index is 0.432. The zero-order valence-electron chi connectivity index (χ0n) is 9.54. The Kier molecular flexibility index (Phi) is 5.05. The normalized spacial score (nSPS) is 22.3. The van der Waals surface area contributed by atoms with Crippen LogP contribution in [0.2, 0.25) is 0 Å². The lowest BCUT2D eigenvalue weighted by atomic mass is 9.84. The molecule has 1 amide bonds. The molecule has 5 N–H and O–H groups in total. The van der Waals surface area contributed by atoms with Gasteiger partial charge in [-0.2, -0.15) is 0 Å². The molecule has 2 atom stereocenters. The van der Waals surface area contributed by atoms with Gasteiger partial charge in [0.25, 0.3) is 0 Å². The van der Waals surface area contributed by atoms with Gasteiger partial charge in [-0.25, -0.2) is 0 Å². The molecule has 15 heavy (non-hydrogen) atoms. The number of hydrogen-bond acceptors (Lipinski definition) is 3. The van der Waals surface area contributed by atoms with Crippen molar-refractivity contribution in [3.05, 3.63) is 0 Å². The fraction of sp³-hybridized carbons (Fsp3) is 0.909. The number of primary amides is 1. The predicted octanol–water partition coefficient (Wildman–Crippen LogP) is 0.357. The van der Waals surface area contributed by atoms with Gasteiger partial charge in [0.2, 0.25) is 5.91 Å². The summed E-state index contributed by atoms with van der Waals surface area (Å²) in [6, 6.07) is -0.119. The summed E-state index contributed by atoms with van der Waals surface area (Å²) in [5.74, 6) is 0.303. The molecule has 0 heterocycles. The third-order valence-electron chi connectivity index (χ3n) is 3.38. The minimum Gasteiger partial charge on any atom is -0.368 e. The van der Waals surface area contributed by atoms with E-state index in [9.17, 15) is 4.79 Å². The smallest absolute Gasteiger partial charge is 0.235 e. The topological polar surface area (TPSA) is 81.1 Å². The Balaban J connectivity index is 2.22. The first-order valence-corrected chi connectivity index (χ1v) is 5.89. The van der Waals surface area contributed by atoms with Gasteiger partial charge in [0, 0.05) is 12.6 Å². The molecule has 1 aliphatic rings. The Morgan fingerprint density at radius 2 is 2.00 bits per heavy atom. The van der Waals surface area contributed by atoms with Gasteiger partial charge in [-0.1, -0.05) is 19.3 Å². The van der Waals surface area contributed by atoms with Crippen molar-refractivity contribution < 1.29 is 4.79 Å². The summed E-state index contributed by atoms with van der Waals surface area (Å²) in [4.78, 5) is 10.7. The molecule has 1 unspecified atom stereocenters. The molecule has 0 aromatic heterocycles. The number of hydrogen-bond donors (Lipinski definition) is 3. The second kappa shape index (κ2) is 6.08. The molecule has 0 radical (unpaired) electrons. The van der Waals surface area contributed by atoms with Gasteiger partial charge in [0.1, 0.15) is 0 Å². The van der Waals surface area contributed by atoms with E-state index in [-0.39, 0.29) is 0 Å². The van der Waals surface area contributed by atoms with Crippen LogP contribution in [0.5, 0.6) is 0 Å². The van der Waals surface area contributed by atoms with E-state index in [1.54, 1.807) is 0 Å². The molecule has 0 bridgehead atoms. The van der Waals surface area contributed by atoms with Crippen LogP contribution in [0.3, 0.4) is 0 Å². The van der Waals surface area contributed by atoms with Crippen molar-refractivity contribution >= 4 is 5.91 Å². The molecular weight excluding hydrogens is 190 g/mol. The number of rotatable bonds is 5. The number of carbonyl (C=O) groups is 1. The van der Waals surface area contributed by atoms with Crippen LogP contribution in [0, 0.1) is 5.92 Å². The van der Waals surface area contributed by atoms with E-state index >= 15 is 0 Å². The maximum Gasteiger partial charge on any atom is 0.235 e. The summed E-state index contributed by atoms with van der Waals surface area (Å²) >= 11 is 0. The van der Waals surface area contributed by atoms with Crippen LogP contribution in [-0.4, -0.2) is 24.5 Å². The zero-order chi connectivity index (χ0) is 11.3. The van der Waals surface area contributed by atoms with Crippen molar-refractivity contribution in [1.82, 2.24) is 5.32 Å². The highest BCUT2D eigenvalue weighted by Crippen LogP contribution is 2.26. The molecule has 0 saturated heterocycles. The van der Waals surface area contributed by atoms with E-state index in [0.29, 0.717) is 12.6 Å². The molecule has 1 aliphatic carbocycles. The molecule has 88 valence electrons. The second-order valence-electron chi connectivity index (χ2n) is 4.60. The summed E-state index contributed by atoms with van der Waals surface area (Å²) < 4.78 is 0. The second-order valence-corrected chi connectivity index (χ2v) is 4.60. The van der Waals surface area contributed by atoms with Gasteiger partial charge < -0.3 is 16.8 Å². The van der Waals surface area contributed by atoms with Crippen LogP contribution in [0.25, 0.3) is 0 Å². The van der Waals surface area contributed by atoms with E-state index in [2.05, 4.69) is 12.2 Å². The Morgan fingerprint density at radius 3 is 2.53 bits per heavy atom. The van der Waals surface area contributed by atoms with Gasteiger partial charge in [-0.05, 0) is 25.7 Å². The van der Waals surface area contributed by atoms with Crippen LogP contribution in [0.1, 0.15) is 39.0 Å². The lowest BCUT2D eigenvalue weighted by Crippen LogP contribution is -2.48. The molecule has 0 spiro atoms. The van der Waals surface area contributed by atoms with E-state index in [4.69, 9.17) is 11.5 Å². The van der Waals surface area contributed by atoms with Crippen LogP contribution in [0.15, 0.2) is 0 Å². The number of nitrogens with one attached hydrogen (secondary N) is 1. The Labute approximate surface area is 91.8 Å². The Hall–Kier alpha value is -0.610. The fourth-order valence-corrected chi connectivity index (χ4v) is 2.21. The first-order valence-electron chi connectivity index (χ1n) is 5.89. The molecule has 0 aromatic rings. The molecule has 1 fully saturated rings. The molecule has 1 rings (SSSR count). The van der Waals surface area contributed by atoms with Crippen molar-refractivity contribution in [2.24, 2.45) is 17.4 Å². The van der Waals surface area contributed by atoms with Crippen LogP contribution >= 0.6 is 0 Å². The quantitative estimate of drug-likeness (QED) is 0.616. The SMILES string of the molecule is C[C@@H](NCC(N)C(N)=O)C1CCCCC1. The molecule has 4 nitrogen and oxygen atoms in total. The summed E-state index contributed by atoms with van der Waals surface area (Å²) in [5, 5.41) is 3.31. The van der Waals surface area contributed by atoms with E-state index in [1.807, 2.05) is 0 Å². The van der Waals surface area contributed by atoms with Gasteiger partial charge in [0.15, 0.2) is 0 Å². The van der Waals surface area contributed by atoms with Crippen LogP contribution in [0.4, 0.5) is 0 Å². The summed E-state index contributed by atoms with van der Waals surface area (Å²) in [7, 11) is 0. The van der Waals surface area contributed by atoms with E-state index < -0.39 is 11.9 Å². The van der Waals surface area contributed by atoms with Gasteiger partial charge in [-0.3, -0.25) is 4.79 Å². The summed E-state index contributed by atoms with van der Waals surface area (Å²) in [6.45, 7) is 2.66. The first-order chi connectivity index (χ1) is 7.11. The fourth-order valence-electron chi connectivity index (χ4n) is 2.21. The van der Waals surface area contributed by atoms with Crippen molar-refractivity contribution in [3.8, 4) is 0 Å². The largest absolute Gasteiger partial charge is 0.368 e. The van der Waals surface area contributed by atoms with Crippen molar-refractivity contribution in [1.29, 1.82) is 0 Å². The molecule has 1 saturated carbocycles. The Bertz CT molecular complexity index is 202. The Morgan fingerprint density at radius 1 is 1.40 bits per heavy atom. The van der Waals surface area contributed by atoms with Crippen molar-refractivity contribution in [3.63, 3.8) is 0 Å². The zero-order valence-corrected chi connectivity index (χ0v) is 9.54. The highest BCUT2D eigenvalue weighted by molar-refractivity contribution is 5.79. The number of amides is 1. The van der Waals surface area contributed by atoms with Gasteiger partial charge in [-0.15, -0.1) is 0 Å². The van der Waals surface area contributed by atoms with E-state index in [0.717, 1.165) is 5.92 Å². The highest BCUT2D eigenvalue weighted by atomic mass is 16.1. The first kappa shape index (κ1) is 12.5. The third-order valence-corrected chi connectivity index (χ3v) is 3.38. The molecular formula is C11H23N3O. The minimum atomic E-state index is -0.559. The van der Waals surface area contributed by atoms with Crippen LogP contribution < -0.4 is 16.8 Å².